The zero-order chi connectivity index (χ0) is 14.4. The maximum atomic E-state index is 12.7. The van der Waals surface area contributed by atoms with Crippen molar-refractivity contribution in [3.05, 3.63) is 35.4 Å². The summed E-state index contributed by atoms with van der Waals surface area (Å²) in [5.41, 5.74) is 1.55. The molecule has 1 aromatic rings. The van der Waals surface area contributed by atoms with Crippen LogP contribution in [0.3, 0.4) is 0 Å². The van der Waals surface area contributed by atoms with Crippen molar-refractivity contribution in [3.8, 4) is 6.07 Å². The summed E-state index contributed by atoms with van der Waals surface area (Å²) in [6.45, 7) is 3.99. The van der Waals surface area contributed by atoms with E-state index in [2.05, 4.69) is 11.0 Å². The highest BCUT2D eigenvalue weighted by atomic mass is 16.2. The summed E-state index contributed by atoms with van der Waals surface area (Å²) >= 11 is 0. The summed E-state index contributed by atoms with van der Waals surface area (Å²) in [7, 11) is 0. The molecular weight excluding hydrogens is 262 g/mol. The van der Waals surface area contributed by atoms with Gasteiger partial charge in [-0.3, -0.25) is 9.69 Å². The van der Waals surface area contributed by atoms with Crippen molar-refractivity contribution < 1.29 is 4.79 Å². The van der Waals surface area contributed by atoms with Crippen molar-refractivity contribution >= 4 is 5.91 Å². The Hall–Kier alpha value is -1.86. The van der Waals surface area contributed by atoms with Crippen LogP contribution in [0.25, 0.3) is 0 Å². The van der Waals surface area contributed by atoms with Gasteiger partial charge in [0.25, 0.3) is 5.91 Å². The molecule has 1 amide bonds. The van der Waals surface area contributed by atoms with Crippen LogP contribution in [-0.2, 0) is 5.41 Å². The average Bonchev–Trinajstić information content (AvgIpc) is 3.26. The minimum atomic E-state index is -0.265. The molecule has 4 nitrogen and oxygen atoms in total. The number of hydrogen-bond acceptors (Lipinski definition) is 3. The number of nitriles is 1. The Kier molecular flexibility index (Phi) is 2.80. The molecule has 2 unspecified atom stereocenters. The molecule has 3 fully saturated rings. The molecule has 1 saturated carbocycles. The minimum absolute atomic E-state index is 0.148. The normalized spacial score (nSPS) is 29.0. The minimum Gasteiger partial charge on any atom is -0.333 e. The van der Waals surface area contributed by atoms with Gasteiger partial charge in [0.2, 0.25) is 0 Å². The molecular formula is C17H19N3O. The van der Waals surface area contributed by atoms with Crippen molar-refractivity contribution in [2.75, 3.05) is 26.2 Å². The van der Waals surface area contributed by atoms with Crippen LogP contribution in [0.1, 0.15) is 35.2 Å². The van der Waals surface area contributed by atoms with Gasteiger partial charge in [0, 0.05) is 37.8 Å². The number of nitrogens with zero attached hydrogens (tertiary/aromatic N) is 3. The predicted octanol–water partition coefficient (Wildman–Crippen LogP) is 1.77. The Bertz CT molecular complexity index is 612. The van der Waals surface area contributed by atoms with Crippen LogP contribution in [0, 0.1) is 11.3 Å². The topological polar surface area (TPSA) is 47.3 Å². The summed E-state index contributed by atoms with van der Waals surface area (Å²) in [6, 6.07) is 10.5. The molecule has 0 radical (unpaired) electrons. The maximum Gasteiger partial charge on any atom is 0.254 e. The Morgan fingerprint density at radius 3 is 2.62 bits per heavy atom. The summed E-state index contributed by atoms with van der Waals surface area (Å²) in [6.07, 6.45) is 2.99. The van der Waals surface area contributed by atoms with Gasteiger partial charge in [-0.25, -0.2) is 0 Å². The number of hydrogen-bond donors (Lipinski definition) is 0. The van der Waals surface area contributed by atoms with E-state index in [1.165, 1.54) is 0 Å². The smallest absolute Gasteiger partial charge is 0.254 e. The second-order valence-corrected chi connectivity index (χ2v) is 6.51. The van der Waals surface area contributed by atoms with E-state index in [-0.39, 0.29) is 11.3 Å². The maximum absolute atomic E-state index is 12.7. The lowest BCUT2D eigenvalue weighted by Crippen LogP contribution is -2.49. The van der Waals surface area contributed by atoms with Crippen molar-refractivity contribution in [1.29, 1.82) is 5.26 Å². The zero-order valence-electron chi connectivity index (χ0n) is 12.1. The van der Waals surface area contributed by atoms with Crippen molar-refractivity contribution in [2.45, 2.75) is 30.7 Å². The predicted molar refractivity (Wildman–Crippen MR) is 78.8 cm³/mol. The lowest BCUT2D eigenvalue weighted by Gasteiger charge is -2.34. The molecule has 2 bridgehead atoms. The van der Waals surface area contributed by atoms with E-state index in [4.69, 9.17) is 0 Å². The van der Waals surface area contributed by atoms with E-state index in [1.54, 1.807) is 0 Å². The van der Waals surface area contributed by atoms with Gasteiger partial charge in [-0.15, -0.1) is 0 Å². The Morgan fingerprint density at radius 2 is 1.95 bits per heavy atom. The number of fused-ring (bicyclic) bond motifs is 2. The lowest BCUT2D eigenvalue weighted by atomic mass is 9.96. The molecule has 2 heterocycles. The third kappa shape index (κ3) is 2.04. The fourth-order valence-electron chi connectivity index (χ4n) is 3.66. The molecule has 2 saturated heterocycles. The van der Waals surface area contributed by atoms with Gasteiger partial charge >= 0.3 is 0 Å². The molecule has 21 heavy (non-hydrogen) atoms. The molecule has 3 aliphatic rings. The highest BCUT2D eigenvalue weighted by molar-refractivity contribution is 5.94. The second-order valence-electron chi connectivity index (χ2n) is 6.51. The Labute approximate surface area is 125 Å². The van der Waals surface area contributed by atoms with Crippen molar-refractivity contribution in [2.24, 2.45) is 0 Å². The van der Waals surface area contributed by atoms with Crippen LogP contribution in [-0.4, -0.2) is 47.9 Å². The van der Waals surface area contributed by atoms with Crippen LogP contribution in [0.15, 0.2) is 24.3 Å². The van der Waals surface area contributed by atoms with Gasteiger partial charge in [-0.2, -0.15) is 5.26 Å². The third-order valence-electron chi connectivity index (χ3n) is 5.25. The van der Waals surface area contributed by atoms with Gasteiger partial charge in [-0.05, 0) is 37.0 Å². The van der Waals surface area contributed by atoms with Crippen molar-refractivity contribution in [1.82, 2.24) is 9.80 Å². The van der Waals surface area contributed by atoms with Crippen LogP contribution < -0.4 is 0 Å². The number of amides is 1. The SMILES string of the molecule is N#CC1(c2ccc(C(=O)N3CCN4CCC3C4)cc2)CC1. The summed E-state index contributed by atoms with van der Waals surface area (Å²) in [5, 5.41) is 9.23. The van der Waals surface area contributed by atoms with Gasteiger partial charge in [0.05, 0.1) is 11.5 Å². The first-order valence-electron chi connectivity index (χ1n) is 7.77. The highest BCUT2D eigenvalue weighted by Crippen LogP contribution is 2.47. The summed E-state index contributed by atoms with van der Waals surface area (Å²) in [5.74, 6) is 0.148. The molecule has 0 aromatic heterocycles. The molecule has 2 aliphatic heterocycles. The van der Waals surface area contributed by atoms with E-state index in [0.29, 0.717) is 6.04 Å². The fraction of sp³-hybridized carbons (Fsp3) is 0.529. The molecule has 4 heteroatoms. The van der Waals surface area contributed by atoms with Crippen LogP contribution in [0.5, 0.6) is 0 Å². The first-order valence-corrected chi connectivity index (χ1v) is 7.77. The van der Waals surface area contributed by atoms with Gasteiger partial charge in [0.15, 0.2) is 0 Å². The van der Waals surface area contributed by atoms with Gasteiger partial charge < -0.3 is 4.90 Å². The number of piperazine rings is 1. The summed E-state index contributed by atoms with van der Waals surface area (Å²) < 4.78 is 0. The van der Waals surface area contributed by atoms with Crippen LogP contribution >= 0.6 is 0 Å². The molecule has 1 aromatic carbocycles. The van der Waals surface area contributed by atoms with Crippen molar-refractivity contribution in [3.63, 3.8) is 0 Å². The van der Waals surface area contributed by atoms with E-state index in [1.807, 2.05) is 29.2 Å². The second kappa shape index (κ2) is 4.57. The van der Waals surface area contributed by atoms with E-state index >= 15 is 0 Å². The number of carbonyl (C=O) groups is 1. The first-order chi connectivity index (χ1) is 10.2. The van der Waals surface area contributed by atoms with E-state index in [9.17, 15) is 10.1 Å². The molecule has 108 valence electrons. The van der Waals surface area contributed by atoms with Crippen LogP contribution in [0.2, 0.25) is 0 Å². The van der Waals surface area contributed by atoms with E-state index in [0.717, 1.165) is 56.6 Å². The number of benzene rings is 1. The highest BCUT2D eigenvalue weighted by Gasteiger charge is 2.44. The first kappa shape index (κ1) is 12.8. The zero-order valence-corrected chi connectivity index (χ0v) is 12.1. The lowest BCUT2D eigenvalue weighted by molar-refractivity contribution is 0.0609. The molecule has 0 N–H and O–H groups in total. The monoisotopic (exact) mass is 281 g/mol. The molecule has 1 aliphatic carbocycles. The quantitative estimate of drug-likeness (QED) is 0.830. The Balaban J connectivity index is 1.54. The average molecular weight is 281 g/mol. The van der Waals surface area contributed by atoms with E-state index < -0.39 is 0 Å². The molecule has 4 rings (SSSR count). The Morgan fingerprint density at radius 1 is 1.19 bits per heavy atom. The molecule has 2 atom stereocenters. The van der Waals surface area contributed by atoms with Gasteiger partial charge in [0.1, 0.15) is 0 Å². The fourth-order valence-corrected chi connectivity index (χ4v) is 3.66. The van der Waals surface area contributed by atoms with Gasteiger partial charge in [-0.1, -0.05) is 12.1 Å². The third-order valence-corrected chi connectivity index (χ3v) is 5.25. The standard InChI is InChI=1S/C17H19N3O/c18-12-17(6-7-17)14-3-1-13(2-4-14)16(21)20-10-9-19-8-5-15(20)11-19/h1-4,15H,5-11H2. The number of rotatable bonds is 2. The van der Waals surface area contributed by atoms with Crippen LogP contribution in [0.4, 0.5) is 0 Å². The summed E-state index contributed by atoms with van der Waals surface area (Å²) in [4.78, 5) is 17.1. The molecule has 0 spiro atoms. The largest absolute Gasteiger partial charge is 0.333 e. The number of carbonyl (C=O) groups excluding carboxylic acids is 1.